The predicted octanol–water partition coefficient (Wildman–Crippen LogP) is 3.98. The minimum absolute atomic E-state index is 0.182. The first-order valence-corrected chi connectivity index (χ1v) is 8.57. The van der Waals surface area contributed by atoms with Crippen LogP contribution in [0.2, 0.25) is 0 Å². The summed E-state index contributed by atoms with van der Waals surface area (Å²) in [6, 6.07) is 0. The van der Waals surface area contributed by atoms with Gasteiger partial charge in [0.25, 0.3) is 0 Å². The van der Waals surface area contributed by atoms with Gasteiger partial charge in [-0.25, -0.2) is 0 Å². The van der Waals surface area contributed by atoms with Crippen LogP contribution < -0.4 is 0 Å². The van der Waals surface area contributed by atoms with Crippen LogP contribution in [0.1, 0.15) is 13.8 Å². The van der Waals surface area contributed by atoms with Gasteiger partial charge in [0.1, 0.15) is 0 Å². The first-order valence-electron chi connectivity index (χ1n) is 3.87. The van der Waals surface area contributed by atoms with Gasteiger partial charge in [-0.2, -0.15) is 4.08 Å². The first kappa shape index (κ1) is 15.8. The summed E-state index contributed by atoms with van der Waals surface area (Å²) in [7, 11) is 0. The van der Waals surface area contributed by atoms with Crippen LogP contribution in [0.25, 0.3) is 0 Å². The van der Waals surface area contributed by atoms with Gasteiger partial charge in [-0.05, 0) is 11.8 Å². The molecule has 8 heteroatoms. The van der Waals surface area contributed by atoms with Gasteiger partial charge >= 0.3 is 6.72 Å². The lowest BCUT2D eigenvalue weighted by Gasteiger charge is -2.19. The zero-order valence-corrected chi connectivity index (χ0v) is 13.4. The lowest BCUT2D eigenvalue weighted by molar-refractivity contribution is 0.211. The Hall–Kier alpha value is 1.78. The maximum atomic E-state index is 5.27. The minimum Gasteiger partial charge on any atom is -0.307 e. The third-order valence-electron chi connectivity index (χ3n) is 1.01. The molecule has 0 fully saturated rings. The van der Waals surface area contributed by atoms with E-state index < -0.39 is 6.72 Å². The summed E-state index contributed by atoms with van der Waals surface area (Å²) in [5.41, 5.74) is 0. The number of alkyl halides is 2. The van der Waals surface area contributed by atoms with E-state index in [0.29, 0.717) is 13.2 Å². The number of hydrogen-bond acceptors (Lipinski definition) is 4. The van der Waals surface area contributed by atoms with Gasteiger partial charge in [0.15, 0.2) is 0 Å². The van der Waals surface area contributed by atoms with Crippen LogP contribution in [-0.2, 0) is 24.9 Å². The highest BCUT2D eigenvalue weighted by Crippen LogP contribution is 2.51. The molecule has 0 aromatic rings. The Bertz CT molecular complexity index is 190. The third kappa shape index (κ3) is 7.99. The van der Waals surface area contributed by atoms with Crippen molar-refractivity contribution in [3.05, 3.63) is 0 Å². The van der Waals surface area contributed by atoms with E-state index in [4.69, 9.17) is 32.7 Å². The molecule has 0 aliphatic carbocycles. The lowest BCUT2D eigenvalue weighted by Crippen LogP contribution is -2.08. The Morgan fingerprint density at radius 1 is 1.21 bits per heavy atom. The SMILES string of the molecule is CC(Br)COP(=S)(OCl)OCC(C)Br. The molecule has 0 aliphatic rings. The van der Waals surface area contributed by atoms with E-state index in [1.54, 1.807) is 0 Å². The standard InChI is InChI=1S/C6H12Br2ClO3PS/c1-5(7)3-10-13(14,12-9)11-4-6(2)8/h5-6H,3-4H2,1-2H3. The maximum absolute atomic E-state index is 5.27. The molecule has 0 aliphatic heterocycles. The van der Waals surface area contributed by atoms with Crippen molar-refractivity contribution in [1.82, 2.24) is 0 Å². The predicted molar refractivity (Wildman–Crippen MR) is 69.9 cm³/mol. The summed E-state index contributed by atoms with van der Waals surface area (Å²) in [6.45, 7) is 1.90. The molecular weight excluding hydrogens is 378 g/mol. The summed E-state index contributed by atoms with van der Waals surface area (Å²) in [6.07, 6.45) is 0. The van der Waals surface area contributed by atoms with E-state index >= 15 is 0 Å². The molecule has 3 nitrogen and oxygen atoms in total. The zero-order chi connectivity index (χ0) is 11.2. The van der Waals surface area contributed by atoms with Gasteiger partial charge < -0.3 is 9.05 Å². The van der Waals surface area contributed by atoms with E-state index in [2.05, 4.69) is 35.9 Å². The van der Waals surface area contributed by atoms with Crippen molar-refractivity contribution in [3.63, 3.8) is 0 Å². The molecule has 0 saturated heterocycles. The molecule has 0 saturated carbocycles. The van der Waals surface area contributed by atoms with Crippen LogP contribution in [0, 0.1) is 0 Å². The van der Waals surface area contributed by atoms with E-state index in [1.165, 1.54) is 0 Å². The van der Waals surface area contributed by atoms with Crippen LogP contribution in [0.3, 0.4) is 0 Å². The second-order valence-corrected chi connectivity index (χ2v) is 9.10. The summed E-state index contributed by atoms with van der Waals surface area (Å²) in [5.74, 6) is 0. The van der Waals surface area contributed by atoms with E-state index in [1.807, 2.05) is 13.8 Å². The van der Waals surface area contributed by atoms with Gasteiger partial charge in [0.05, 0.1) is 25.1 Å². The Labute approximate surface area is 111 Å². The molecule has 86 valence electrons. The molecule has 0 bridgehead atoms. The van der Waals surface area contributed by atoms with Gasteiger partial charge in [0.2, 0.25) is 0 Å². The van der Waals surface area contributed by atoms with Crippen LogP contribution in [0.4, 0.5) is 0 Å². The molecule has 0 rings (SSSR count). The molecule has 2 atom stereocenters. The Morgan fingerprint density at radius 3 is 1.79 bits per heavy atom. The monoisotopic (exact) mass is 388 g/mol. The maximum Gasteiger partial charge on any atom is 0.344 e. The molecule has 0 heterocycles. The Balaban J connectivity index is 3.98. The number of hydrogen-bond donors (Lipinski definition) is 0. The molecule has 0 N–H and O–H groups in total. The smallest absolute Gasteiger partial charge is 0.307 e. The quantitative estimate of drug-likeness (QED) is 0.486. The van der Waals surface area contributed by atoms with E-state index in [9.17, 15) is 0 Å². The van der Waals surface area contributed by atoms with Crippen molar-refractivity contribution < 1.29 is 13.1 Å². The number of halogens is 3. The third-order valence-corrected chi connectivity index (χ3v) is 4.28. The molecular formula is C6H12Br2ClO3PS. The minimum atomic E-state index is -2.77. The van der Waals surface area contributed by atoms with Crippen LogP contribution in [-0.4, -0.2) is 22.9 Å². The second kappa shape index (κ2) is 7.96. The van der Waals surface area contributed by atoms with Crippen LogP contribution in [0.5, 0.6) is 0 Å². The van der Waals surface area contributed by atoms with Crippen molar-refractivity contribution in [2.45, 2.75) is 23.5 Å². The van der Waals surface area contributed by atoms with E-state index in [0.717, 1.165) is 0 Å². The van der Waals surface area contributed by atoms with Gasteiger partial charge in [-0.1, -0.05) is 45.7 Å². The van der Waals surface area contributed by atoms with Crippen molar-refractivity contribution in [1.29, 1.82) is 0 Å². The lowest BCUT2D eigenvalue weighted by atomic mass is 10.5. The second-order valence-electron chi connectivity index (χ2n) is 2.67. The number of rotatable bonds is 7. The summed E-state index contributed by atoms with van der Waals surface area (Å²) in [5, 5.41) is 0. The van der Waals surface area contributed by atoms with Crippen molar-refractivity contribution >= 4 is 62.3 Å². The molecule has 0 aromatic heterocycles. The van der Waals surface area contributed by atoms with Crippen molar-refractivity contribution in [2.75, 3.05) is 13.2 Å². The van der Waals surface area contributed by atoms with Gasteiger partial charge in [-0.3, -0.25) is 0 Å². The summed E-state index contributed by atoms with van der Waals surface area (Å²) in [4.78, 5) is 0.364. The average molecular weight is 390 g/mol. The Morgan fingerprint density at radius 2 is 1.57 bits per heavy atom. The molecule has 14 heavy (non-hydrogen) atoms. The molecule has 0 radical (unpaired) electrons. The van der Waals surface area contributed by atoms with E-state index in [-0.39, 0.29) is 9.65 Å². The zero-order valence-electron chi connectivity index (χ0n) is 7.78. The van der Waals surface area contributed by atoms with Gasteiger partial charge in [-0.15, -0.1) is 0 Å². The largest absolute Gasteiger partial charge is 0.344 e. The topological polar surface area (TPSA) is 27.7 Å². The first-order chi connectivity index (χ1) is 6.39. The summed E-state index contributed by atoms with van der Waals surface area (Å²) >= 11 is 16.9. The highest BCUT2D eigenvalue weighted by atomic mass is 79.9. The van der Waals surface area contributed by atoms with Crippen LogP contribution in [0.15, 0.2) is 0 Å². The highest BCUT2D eigenvalue weighted by molar-refractivity contribution is 9.09. The highest BCUT2D eigenvalue weighted by Gasteiger charge is 2.21. The average Bonchev–Trinajstić information content (AvgIpc) is 2.11. The Kier molecular flexibility index (Phi) is 8.97. The van der Waals surface area contributed by atoms with Crippen molar-refractivity contribution in [2.24, 2.45) is 0 Å². The summed E-state index contributed by atoms with van der Waals surface area (Å²) < 4.78 is 15.1. The fourth-order valence-electron chi connectivity index (χ4n) is 0.465. The molecule has 0 aromatic carbocycles. The fourth-order valence-corrected chi connectivity index (χ4v) is 2.71. The van der Waals surface area contributed by atoms with Crippen molar-refractivity contribution in [3.8, 4) is 0 Å². The molecule has 0 spiro atoms. The fraction of sp³-hybridized carbons (Fsp3) is 1.00. The molecule has 0 amide bonds. The van der Waals surface area contributed by atoms with Crippen LogP contribution >= 0.6 is 50.4 Å². The normalized spacial score (nSPS) is 20.1. The molecule has 2 unspecified atom stereocenters. The van der Waals surface area contributed by atoms with Gasteiger partial charge in [0, 0.05) is 9.65 Å².